The summed E-state index contributed by atoms with van der Waals surface area (Å²) in [6.07, 6.45) is 0. The fraction of sp³-hybridized carbons (Fsp3) is 0.111. The Balaban J connectivity index is 2.62. The molecule has 4 N–H and O–H groups in total. The second-order valence-electron chi connectivity index (χ2n) is 3.13. The van der Waals surface area contributed by atoms with Crippen LogP contribution in [-0.4, -0.2) is 20.4 Å². The second-order valence-corrected chi connectivity index (χ2v) is 3.98. The van der Waals surface area contributed by atoms with E-state index in [-0.39, 0.29) is 28.3 Å². The van der Waals surface area contributed by atoms with Gasteiger partial charge in [-0.3, -0.25) is 0 Å². The zero-order valence-corrected chi connectivity index (χ0v) is 9.90. The highest BCUT2D eigenvalue weighted by molar-refractivity contribution is 9.10. The molecule has 1 aromatic carbocycles. The summed E-state index contributed by atoms with van der Waals surface area (Å²) in [7, 11) is 0. The van der Waals surface area contributed by atoms with E-state index in [1.165, 1.54) is 0 Å². The molecule has 0 fully saturated rings. The summed E-state index contributed by atoms with van der Waals surface area (Å²) < 4.78 is 18.0. The van der Waals surface area contributed by atoms with Gasteiger partial charge in [-0.05, 0) is 22.0 Å². The van der Waals surface area contributed by atoms with Crippen molar-refractivity contribution in [2.75, 3.05) is 0 Å². The number of benzene rings is 1. The molecule has 2 rings (SSSR count). The van der Waals surface area contributed by atoms with Crippen molar-refractivity contribution in [2.24, 2.45) is 5.73 Å². The highest BCUT2D eigenvalue weighted by atomic mass is 79.9. The molecule has 0 saturated heterocycles. The summed E-state index contributed by atoms with van der Waals surface area (Å²) in [6.45, 7) is 0.0402. The number of hydrogen-bond donors (Lipinski definition) is 3. The fourth-order valence-electron chi connectivity index (χ4n) is 1.25. The van der Waals surface area contributed by atoms with Crippen molar-refractivity contribution in [3.05, 3.63) is 22.2 Å². The number of rotatable bonds is 2. The lowest BCUT2D eigenvalue weighted by atomic mass is 10.1. The quantitative estimate of drug-likeness (QED) is 0.726. The number of aromatic nitrogens is 2. The van der Waals surface area contributed by atoms with Gasteiger partial charge in [0.15, 0.2) is 17.3 Å². The summed E-state index contributed by atoms with van der Waals surface area (Å²) in [5.74, 6) is -2.33. The smallest absolute Gasteiger partial charge is 0.240 e. The predicted molar refractivity (Wildman–Crippen MR) is 58.6 cm³/mol. The zero-order valence-electron chi connectivity index (χ0n) is 8.31. The molecule has 90 valence electrons. The maximum absolute atomic E-state index is 13.1. The van der Waals surface area contributed by atoms with Crippen LogP contribution < -0.4 is 5.73 Å². The number of nitrogens with zero attached hydrogens (tertiary/aromatic N) is 2. The van der Waals surface area contributed by atoms with Crippen molar-refractivity contribution in [2.45, 2.75) is 6.54 Å². The SMILES string of the molecule is NCc1nc(-c2c(Br)cc(F)c(O)c2O)no1. The Hall–Kier alpha value is -1.67. The van der Waals surface area contributed by atoms with E-state index in [1.54, 1.807) is 0 Å². The van der Waals surface area contributed by atoms with Gasteiger partial charge in [0.1, 0.15) is 0 Å². The molecule has 0 unspecified atom stereocenters. The van der Waals surface area contributed by atoms with Crippen LogP contribution in [0.5, 0.6) is 11.5 Å². The lowest BCUT2D eigenvalue weighted by Gasteiger charge is -2.05. The number of nitrogens with two attached hydrogens (primary N) is 1. The fourth-order valence-corrected chi connectivity index (χ4v) is 1.81. The third-order valence-corrected chi connectivity index (χ3v) is 2.67. The minimum Gasteiger partial charge on any atom is -0.504 e. The van der Waals surface area contributed by atoms with Crippen molar-refractivity contribution in [3.63, 3.8) is 0 Å². The number of phenolic OH excluding ortho intramolecular Hbond substituents is 2. The van der Waals surface area contributed by atoms with E-state index in [4.69, 9.17) is 10.3 Å². The van der Waals surface area contributed by atoms with Crippen molar-refractivity contribution in [1.82, 2.24) is 10.1 Å². The van der Waals surface area contributed by atoms with Crippen molar-refractivity contribution in [3.8, 4) is 22.9 Å². The Morgan fingerprint density at radius 1 is 1.41 bits per heavy atom. The molecule has 17 heavy (non-hydrogen) atoms. The Morgan fingerprint density at radius 2 is 2.12 bits per heavy atom. The van der Waals surface area contributed by atoms with Crippen LogP contribution >= 0.6 is 15.9 Å². The van der Waals surface area contributed by atoms with Crippen LogP contribution in [0.4, 0.5) is 4.39 Å². The molecule has 0 aliphatic heterocycles. The largest absolute Gasteiger partial charge is 0.504 e. The first-order valence-electron chi connectivity index (χ1n) is 4.47. The monoisotopic (exact) mass is 303 g/mol. The van der Waals surface area contributed by atoms with Crippen molar-refractivity contribution < 1.29 is 19.1 Å². The van der Waals surface area contributed by atoms with Crippen LogP contribution in [0.2, 0.25) is 0 Å². The molecule has 0 radical (unpaired) electrons. The van der Waals surface area contributed by atoms with Crippen LogP contribution in [0.25, 0.3) is 11.4 Å². The maximum atomic E-state index is 13.1. The lowest BCUT2D eigenvalue weighted by molar-refractivity contribution is 0.375. The first kappa shape index (κ1) is 11.8. The van der Waals surface area contributed by atoms with Gasteiger partial charge >= 0.3 is 0 Å². The molecule has 8 heteroatoms. The first-order valence-corrected chi connectivity index (χ1v) is 5.26. The van der Waals surface area contributed by atoms with Crippen LogP contribution in [0, 0.1) is 5.82 Å². The molecule has 6 nitrogen and oxygen atoms in total. The molecular formula is C9H7BrFN3O3. The van der Waals surface area contributed by atoms with E-state index in [2.05, 4.69) is 26.1 Å². The zero-order chi connectivity index (χ0) is 12.6. The molecule has 0 bridgehead atoms. The Kier molecular flexibility index (Phi) is 2.99. The van der Waals surface area contributed by atoms with Gasteiger partial charge in [-0.2, -0.15) is 4.98 Å². The lowest BCUT2D eigenvalue weighted by Crippen LogP contribution is -1.96. The van der Waals surface area contributed by atoms with E-state index < -0.39 is 17.3 Å². The van der Waals surface area contributed by atoms with Gasteiger partial charge in [-0.15, -0.1) is 0 Å². The second kappa shape index (κ2) is 4.30. The van der Waals surface area contributed by atoms with Gasteiger partial charge in [-0.1, -0.05) is 5.16 Å². The summed E-state index contributed by atoms with van der Waals surface area (Å²) in [5, 5.41) is 22.5. The summed E-state index contributed by atoms with van der Waals surface area (Å²) in [5.41, 5.74) is 5.33. The molecular weight excluding hydrogens is 297 g/mol. The van der Waals surface area contributed by atoms with Gasteiger partial charge in [-0.25, -0.2) is 4.39 Å². The topological polar surface area (TPSA) is 105 Å². The third-order valence-electron chi connectivity index (χ3n) is 2.05. The summed E-state index contributed by atoms with van der Waals surface area (Å²) in [6, 6.07) is 0.989. The highest BCUT2D eigenvalue weighted by Crippen LogP contribution is 2.42. The summed E-state index contributed by atoms with van der Waals surface area (Å²) >= 11 is 3.04. The number of hydrogen-bond acceptors (Lipinski definition) is 6. The first-order chi connectivity index (χ1) is 8.04. The Labute approximate surface area is 103 Å². The van der Waals surface area contributed by atoms with E-state index in [1.807, 2.05) is 0 Å². The van der Waals surface area contributed by atoms with E-state index in [0.717, 1.165) is 6.07 Å². The normalized spacial score (nSPS) is 10.8. The van der Waals surface area contributed by atoms with Gasteiger partial charge < -0.3 is 20.5 Å². The van der Waals surface area contributed by atoms with Gasteiger partial charge in [0.05, 0.1) is 12.1 Å². The third kappa shape index (κ3) is 1.96. The predicted octanol–water partition coefficient (Wildman–Crippen LogP) is 1.51. The minimum absolute atomic E-state index is 0.00475. The summed E-state index contributed by atoms with van der Waals surface area (Å²) in [4.78, 5) is 3.87. The molecule has 0 aliphatic carbocycles. The van der Waals surface area contributed by atoms with Crippen LogP contribution in [-0.2, 0) is 6.54 Å². The number of halogens is 2. The van der Waals surface area contributed by atoms with E-state index in [9.17, 15) is 14.6 Å². The van der Waals surface area contributed by atoms with Crippen molar-refractivity contribution in [1.29, 1.82) is 0 Å². The number of phenols is 2. The maximum Gasteiger partial charge on any atom is 0.240 e. The Morgan fingerprint density at radius 3 is 2.71 bits per heavy atom. The molecule has 0 spiro atoms. The van der Waals surface area contributed by atoms with E-state index >= 15 is 0 Å². The molecule has 1 aromatic heterocycles. The van der Waals surface area contributed by atoms with Gasteiger partial charge in [0.25, 0.3) is 0 Å². The average molecular weight is 304 g/mol. The van der Waals surface area contributed by atoms with Crippen LogP contribution in [0.15, 0.2) is 15.1 Å². The number of aromatic hydroxyl groups is 2. The van der Waals surface area contributed by atoms with E-state index in [0.29, 0.717) is 0 Å². The van der Waals surface area contributed by atoms with Crippen molar-refractivity contribution >= 4 is 15.9 Å². The molecule has 2 aromatic rings. The van der Waals surface area contributed by atoms with Gasteiger partial charge in [0.2, 0.25) is 11.7 Å². The molecule has 0 amide bonds. The molecule has 0 aliphatic rings. The molecule has 0 atom stereocenters. The minimum atomic E-state index is -0.958. The molecule has 0 saturated carbocycles. The average Bonchev–Trinajstić information content (AvgIpc) is 2.74. The highest BCUT2D eigenvalue weighted by Gasteiger charge is 2.21. The molecule has 1 heterocycles. The standard InChI is InChI=1S/C9H7BrFN3O3/c10-3-1-4(11)7(15)8(16)6(3)9-13-5(2-12)17-14-9/h1,15-16H,2,12H2. The van der Waals surface area contributed by atoms with Crippen LogP contribution in [0.3, 0.4) is 0 Å². The Bertz CT molecular complexity index is 573. The van der Waals surface area contributed by atoms with Gasteiger partial charge in [0, 0.05) is 4.47 Å². The van der Waals surface area contributed by atoms with Crippen LogP contribution in [0.1, 0.15) is 5.89 Å².